The van der Waals surface area contributed by atoms with Crippen molar-refractivity contribution in [3.8, 4) is 0 Å². The third kappa shape index (κ3) is 2.72. The quantitative estimate of drug-likeness (QED) is 0.847. The molecule has 22 heavy (non-hydrogen) atoms. The van der Waals surface area contributed by atoms with Crippen LogP contribution in [0, 0.1) is 5.92 Å². The normalized spacial score (nSPS) is 25.1. The smallest absolute Gasteiger partial charge is 0.317 e. The van der Waals surface area contributed by atoms with E-state index in [1.54, 1.807) is 4.90 Å². The minimum Gasteiger partial charge on any atom is -0.395 e. The topological polar surface area (TPSA) is 52.6 Å². The lowest BCUT2D eigenvalue weighted by molar-refractivity contribution is 0.176. The van der Waals surface area contributed by atoms with Gasteiger partial charge in [0.25, 0.3) is 0 Å². The Bertz CT molecular complexity index is 540. The molecule has 4 nitrogen and oxygen atoms in total. The van der Waals surface area contributed by atoms with Crippen LogP contribution in [0.3, 0.4) is 0 Å². The van der Waals surface area contributed by atoms with E-state index >= 15 is 0 Å². The average molecular weight is 302 g/mol. The number of nitrogens with zero attached hydrogens (tertiary/aromatic N) is 1. The Morgan fingerprint density at radius 1 is 1.41 bits per heavy atom. The second-order valence-corrected chi connectivity index (χ2v) is 6.61. The number of rotatable bonds is 6. The summed E-state index contributed by atoms with van der Waals surface area (Å²) in [5, 5.41) is 12.1. The number of nitrogens with one attached hydrogen (secondary N) is 1. The first-order chi connectivity index (χ1) is 10.7. The van der Waals surface area contributed by atoms with E-state index in [2.05, 4.69) is 29.6 Å². The molecule has 4 heteroatoms. The number of aliphatic hydroxyl groups is 1. The molecular formula is C18H26N2O2. The minimum atomic E-state index is -0.0377. The van der Waals surface area contributed by atoms with Gasteiger partial charge in [-0.3, -0.25) is 0 Å². The maximum absolute atomic E-state index is 12.2. The number of fused-ring (bicyclic) bond motifs is 2. The standard InChI is InChI=1S/C18H26N2O2/c1-2-9-20(10-11-21)17(22)19-13-15-12-18(15)8-7-14-5-3-4-6-16(14)18/h3-6,15,21H,2,7-13H2,1H3,(H,19,22)/t15-,18-/m0/s1. The van der Waals surface area contributed by atoms with E-state index in [4.69, 9.17) is 5.11 Å². The first kappa shape index (κ1) is 15.3. The van der Waals surface area contributed by atoms with Crippen LogP contribution in [0.5, 0.6) is 0 Å². The molecule has 2 atom stereocenters. The number of carbonyl (C=O) groups excluding carboxylic acids is 1. The molecule has 2 aliphatic carbocycles. The lowest BCUT2D eigenvalue weighted by Gasteiger charge is -2.22. The van der Waals surface area contributed by atoms with Crippen LogP contribution in [0.1, 0.15) is 37.3 Å². The van der Waals surface area contributed by atoms with E-state index in [0.29, 0.717) is 24.4 Å². The van der Waals surface area contributed by atoms with Crippen LogP contribution >= 0.6 is 0 Å². The van der Waals surface area contributed by atoms with Gasteiger partial charge in [-0.2, -0.15) is 0 Å². The van der Waals surface area contributed by atoms with Crippen molar-refractivity contribution >= 4 is 6.03 Å². The van der Waals surface area contributed by atoms with E-state index in [1.165, 1.54) is 30.4 Å². The van der Waals surface area contributed by atoms with Gasteiger partial charge in [-0.25, -0.2) is 4.79 Å². The van der Waals surface area contributed by atoms with Crippen molar-refractivity contribution in [2.24, 2.45) is 5.92 Å². The zero-order chi connectivity index (χ0) is 15.6. The summed E-state index contributed by atoms with van der Waals surface area (Å²) in [6.45, 7) is 3.93. The molecule has 1 spiro atoms. The highest BCUT2D eigenvalue weighted by molar-refractivity contribution is 5.74. The first-order valence-electron chi connectivity index (χ1n) is 8.43. The summed E-state index contributed by atoms with van der Waals surface area (Å²) in [5.74, 6) is 0.567. The summed E-state index contributed by atoms with van der Waals surface area (Å²) in [4.78, 5) is 13.9. The third-order valence-electron chi connectivity index (χ3n) is 5.28. The Kier molecular flexibility index (Phi) is 4.39. The van der Waals surface area contributed by atoms with Crippen LogP contribution in [0.25, 0.3) is 0 Å². The van der Waals surface area contributed by atoms with Gasteiger partial charge in [-0.15, -0.1) is 0 Å². The van der Waals surface area contributed by atoms with Crippen molar-refractivity contribution in [1.29, 1.82) is 0 Å². The average Bonchev–Trinajstić information content (AvgIpc) is 3.12. The number of benzene rings is 1. The number of carbonyl (C=O) groups is 1. The summed E-state index contributed by atoms with van der Waals surface area (Å²) in [6, 6.07) is 8.71. The molecule has 1 saturated carbocycles. The van der Waals surface area contributed by atoms with Crippen molar-refractivity contribution in [1.82, 2.24) is 10.2 Å². The summed E-state index contributed by atoms with van der Waals surface area (Å²) >= 11 is 0. The van der Waals surface area contributed by atoms with Crippen LogP contribution in [-0.4, -0.2) is 42.3 Å². The molecule has 120 valence electrons. The molecule has 0 unspecified atom stereocenters. The van der Waals surface area contributed by atoms with Crippen molar-refractivity contribution in [2.45, 2.75) is 38.0 Å². The Hall–Kier alpha value is -1.55. The molecule has 3 rings (SSSR count). The van der Waals surface area contributed by atoms with Gasteiger partial charge >= 0.3 is 6.03 Å². The maximum Gasteiger partial charge on any atom is 0.317 e. The van der Waals surface area contributed by atoms with Gasteiger partial charge in [-0.05, 0) is 42.7 Å². The highest BCUT2D eigenvalue weighted by Crippen LogP contribution is 2.61. The second kappa shape index (κ2) is 6.29. The third-order valence-corrected chi connectivity index (χ3v) is 5.28. The molecule has 1 aromatic carbocycles. The van der Waals surface area contributed by atoms with Crippen molar-refractivity contribution in [2.75, 3.05) is 26.2 Å². The Morgan fingerprint density at radius 2 is 2.23 bits per heavy atom. The summed E-state index contributed by atoms with van der Waals surface area (Å²) in [7, 11) is 0. The van der Waals surface area contributed by atoms with Crippen LogP contribution in [0.15, 0.2) is 24.3 Å². The largest absolute Gasteiger partial charge is 0.395 e. The van der Waals surface area contributed by atoms with Gasteiger partial charge in [-0.1, -0.05) is 31.2 Å². The number of amides is 2. The fourth-order valence-electron chi connectivity index (χ4n) is 4.03. The number of hydrogen-bond acceptors (Lipinski definition) is 2. The van der Waals surface area contributed by atoms with Crippen LogP contribution < -0.4 is 5.32 Å². The van der Waals surface area contributed by atoms with Gasteiger partial charge in [0.05, 0.1) is 6.61 Å². The van der Waals surface area contributed by atoms with E-state index in [1.807, 2.05) is 6.92 Å². The van der Waals surface area contributed by atoms with Gasteiger partial charge in [0.2, 0.25) is 0 Å². The lowest BCUT2D eigenvalue weighted by atomic mass is 9.95. The molecule has 2 amide bonds. The number of aryl methyl sites for hydroxylation is 1. The van der Waals surface area contributed by atoms with E-state index in [0.717, 1.165) is 13.0 Å². The lowest BCUT2D eigenvalue weighted by Crippen LogP contribution is -2.43. The summed E-state index contributed by atoms with van der Waals surface area (Å²) in [5.41, 5.74) is 3.33. The molecule has 0 saturated heterocycles. The zero-order valence-electron chi connectivity index (χ0n) is 13.3. The Labute approximate surface area is 132 Å². The molecule has 0 heterocycles. The first-order valence-corrected chi connectivity index (χ1v) is 8.43. The van der Waals surface area contributed by atoms with Crippen LogP contribution in [-0.2, 0) is 11.8 Å². The molecule has 0 radical (unpaired) electrons. The molecule has 2 aliphatic rings. The van der Waals surface area contributed by atoms with Crippen LogP contribution in [0.4, 0.5) is 4.79 Å². The van der Waals surface area contributed by atoms with Crippen LogP contribution in [0.2, 0.25) is 0 Å². The molecule has 0 aliphatic heterocycles. The minimum absolute atomic E-state index is 0.0220. The number of hydrogen-bond donors (Lipinski definition) is 2. The van der Waals surface area contributed by atoms with Gasteiger partial charge in [0, 0.05) is 25.0 Å². The highest BCUT2D eigenvalue weighted by atomic mass is 16.3. The summed E-state index contributed by atoms with van der Waals surface area (Å²) in [6.07, 6.45) is 4.50. The number of urea groups is 1. The zero-order valence-corrected chi connectivity index (χ0v) is 13.3. The van der Waals surface area contributed by atoms with Gasteiger partial charge in [0.15, 0.2) is 0 Å². The van der Waals surface area contributed by atoms with Gasteiger partial charge in [0.1, 0.15) is 0 Å². The maximum atomic E-state index is 12.2. The van der Waals surface area contributed by atoms with Crippen molar-refractivity contribution in [3.05, 3.63) is 35.4 Å². The monoisotopic (exact) mass is 302 g/mol. The summed E-state index contributed by atoms with van der Waals surface area (Å²) < 4.78 is 0. The van der Waals surface area contributed by atoms with E-state index < -0.39 is 0 Å². The molecule has 0 bridgehead atoms. The van der Waals surface area contributed by atoms with Gasteiger partial charge < -0.3 is 15.3 Å². The predicted molar refractivity (Wildman–Crippen MR) is 86.9 cm³/mol. The van der Waals surface area contributed by atoms with E-state index in [-0.39, 0.29) is 12.6 Å². The fraction of sp³-hybridized carbons (Fsp3) is 0.611. The van der Waals surface area contributed by atoms with Crippen molar-refractivity contribution in [3.63, 3.8) is 0 Å². The second-order valence-electron chi connectivity index (χ2n) is 6.61. The fourth-order valence-corrected chi connectivity index (χ4v) is 4.03. The Balaban J connectivity index is 1.55. The Morgan fingerprint density at radius 3 is 3.00 bits per heavy atom. The van der Waals surface area contributed by atoms with Crippen molar-refractivity contribution < 1.29 is 9.90 Å². The molecule has 1 aromatic rings. The predicted octanol–water partition coefficient (Wildman–Crippen LogP) is 2.30. The molecule has 1 fully saturated rings. The van der Waals surface area contributed by atoms with E-state index in [9.17, 15) is 4.79 Å². The number of aliphatic hydroxyl groups excluding tert-OH is 1. The molecule has 0 aromatic heterocycles. The highest BCUT2D eigenvalue weighted by Gasteiger charge is 2.57. The molecular weight excluding hydrogens is 276 g/mol. The SMILES string of the molecule is CCCN(CCO)C(=O)NC[C@@H]1C[C@@]12CCc1ccccc12. The molecule has 2 N–H and O–H groups in total.